The second-order valence-electron chi connectivity index (χ2n) is 9.07. The molecule has 2 aliphatic rings. The summed E-state index contributed by atoms with van der Waals surface area (Å²) in [5, 5.41) is 18.3. The van der Waals surface area contributed by atoms with Gasteiger partial charge >= 0.3 is 0 Å². The second-order valence-corrected chi connectivity index (χ2v) is 9.07. The van der Waals surface area contributed by atoms with Crippen molar-refractivity contribution in [3.63, 3.8) is 0 Å². The largest absolute Gasteiger partial charge is 0.497 e. The number of nitro benzene ring substituents is 1. The maximum absolute atomic E-state index is 11.2. The molecule has 5 rings (SSSR count). The van der Waals surface area contributed by atoms with Crippen molar-refractivity contribution >= 4 is 23.2 Å². The lowest BCUT2D eigenvalue weighted by atomic mass is 9.83. The summed E-state index contributed by atoms with van der Waals surface area (Å²) >= 11 is 0. The third-order valence-electron chi connectivity index (χ3n) is 6.73. The molecule has 0 aliphatic carbocycles. The summed E-state index contributed by atoms with van der Waals surface area (Å²) in [6, 6.07) is 22.6. The molecule has 8 nitrogen and oxygen atoms in total. The Bertz CT molecular complexity index is 1300. The highest BCUT2D eigenvalue weighted by molar-refractivity contribution is 6.09. The smallest absolute Gasteiger partial charge is 0.269 e. The van der Waals surface area contributed by atoms with Crippen LogP contribution in [0, 0.1) is 16.0 Å². The number of likely N-dealkylation sites (N-methyl/N-ethyl adjacent to an activating group) is 1. The number of ether oxygens (including phenoxy) is 2. The fraction of sp³-hybridized carbons (Fsp3) is 0.250. The minimum atomic E-state index is -0.384. The number of hydrogen-bond acceptors (Lipinski definition) is 7. The first-order chi connectivity index (χ1) is 17.5. The number of piperidine rings is 1. The van der Waals surface area contributed by atoms with Crippen molar-refractivity contribution < 1.29 is 14.4 Å². The maximum Gasteiger partial charge on any atom is 0.269 e. The molecule has 3 aromatic carbocycles. The first-order valence-corrected chi connectivity index (χ1v) is 11.8. The monoisotopic (exact) mass is 484 g/mol. The molecule has 2 heterocycles. The molecule has 0 aromatic heterocycles. The topological polar surface area (TPSA) is 80.4 Å². The van der Waals surface area contributed by atoms with Gasteiger partial charge in [-0.2, -0.15) is 5.10 Å². The summed E-state index contributed by atoms with van der Waals surface area (Å²) < 4.78 is 10.7. The predicted molar refractivity (Wildman–Crippen MR) is 141 cm³/mol. The average Bonchev–Trinajstić information content (AvgIpc) is 3.28. The molecule has 0 radical (unpaired) electrons. The zero-order valence-electron chi connectivity index (χ0n) is 20.5. The van der Waals surface area contributed by atoms with Gasteiger partial charge in [0.15, 0.2) is 0 Å². The van der Waals surface area contributed by atoms with Gasteiger partial charge in [0, 0.05) is 31.1 Å². The summed E-state index contributed by atoms with van der Waals surface area (Å²) in [5.41, 5.74) is 5.26. The molecule has 2 aliphatic heterocycles. The van der Waals surface area contributed by atoms with Crippen LogP contribution in [0.3, 0.4) is 0 Å². The maximum atomic E-state index is 11.2. The molecule has 1 saturated heterocycles. The Labute approximate surface area is 210 Å². The van der Waals surface area contributed by atoms with Crippen LogP contribution in [0.2, 0.25) is 0 Å². The van der Waals surface area contributed by atoms with Crippen molar-refractivity contribution in [2.45, 2.75) is 6.04 Å². The van der Waals surface area contributed by atoms with E-state index in [4.69, 9.17) is 14.6 Å². The first kappa shape index (κ1) is 23.6. The van der Waals surface area contributed by atoms with Crippen molar-refractivity contribution in [2.24, 2.45) is 11.0 Å². The van der Waals surface area contributed by atoms with E-state index in [1.807, 2.05) is 41.4 Å². The van der Waals surface area contributed by atoms with Crippen molar-refractivity contribution in [1.82, 2.24) is 4.90 Å². The highest BCUT2D eigenvalue weighted by atomic mass is 16.6. The van der Waals surface area contributed by atoms with E-state index in [1.165, 1.54) is 12.1 Å². The van der Waals surface area contributed by atoms with E-state index >= 15 is 0 Å². The Hall–Kier alpha value is -4.17. The number of nitro groups is 1. The normalized spacial score (nSPS) is 20.7. The number of rotatable bonds is 6. The van der Waals surface area contributed by atoms with Crippen LogP contribution in [0.15, 0.2) is 83.5 Å². The standard InChI is InChI=1S/C28H28N4O4/c1-30-17-21(16-19-4-12-24(35-2)13-5-19)27-26(18-30)28(20-6-14-25(36-3)15-7-20)31(29-27)22-8-10-23(11-9-22)32(33)34/h4-16,26,28H,17-18H2,1-3H3. The highest BCUT2D eigenvalue weighted by Crippen LogP contribution is 2.43. The van der Waals surface area contributed by atoms with Gasteiger partial charge in [0.25, 0.3) is 5.69 Å². The fourth-order valence-corrected chi connectivity index (χ4v) is 4.97. The predicted octanol–water partition coefficient (Wildman–Crippen LogP) is 5.17. The number of nitrogens with zero attached hydrogens (tertiary/aromatic N) is 4. The van der Waals surface area contributed by atoms with Gasteiger partial charge in [0.1, 0.15) is 11.5 Å². The van der Waals surface area contributed by atoms with Gasteiger partial charge in [-0.3, -0.25) is 15.1 Å². The number of non-ortho nitro benzene ring substituents is 1. The van der Waals surface area contributed by atoms with E-state index in [0.29, 0.717) is 0 Å². The van der Waals surface area contributed by atoms with Crippen LogP contribution < -0.4 is 14.5 Å². The molecule has 0 saturated carbocycles. The molecule has 184 valence electrons. The lowest BCUT2D eigenvalue weighted by Crippen LogP contribution is -2.41. The lowest BCUT2D eigenvalue weighted by molar-refractivity contribution is -0.384. The zero-order valence-corrected chi connectivity index (χ0v) is 20.5. The third kappa shape index (κ3) is 4.55. The van der Waals surface area contributed by atoms with Gasteiger partial charge in [-0.1, -0.05) is 24.3 Å². The Morgan fingerprint density at radius 1 is 0.944 bits per heavy atom. The van der Waals surface area contributed by atoms with Gasteiger partial charge < -0.3 is 14.4 Å². The minimum Gasteiger partial charge on any atom is -0.497 e. The van der Waals surface area contributed by atoms with Gasteiger partial charge in [-0.15, -0.1) is 0 Å². The number of likely N-dealkylation sites (tertiary alicyclic amines) is 1. The minimum absolute atomic E-state index is 0.0591. The van der Waals surface area contributed by atoms with Gasteiger partial charge in [-0.05, 0) is 66.2 Å². The van der Waals surface area contributed by atoms with Crippen LogP contribution in [0.1, 0.15) is 17.2 Å². The van der Waals surface area contributed by atoms with Crippen molar-refractivity contribution in [2.75, 3.05) is 39.4 Å². The summed E-state index contributed by atoms with van der Waals surface area (Å²) in [6.45, 7) is 1.63. The van der Waals surface area contributed by atoms with E-state index in [2.05, 4.69) is 30.2 Å². The van der Waals surface area contributed by atoms with Gasteiger partial charge in [-0.25, -0.2) is 0 Å². The molecule has 0 N–H and O–H groups in total. The quantitative estimate of drug-likeness (QED) is 0.355. The molecular formula is C28H28N4O4. The van der Waals surface area contributed by atoms with E-state index < -0.39 is 0 Å². The molecule has 36 heavy (non-hydrogen) atoms. The number of hydrazone groups is 1. The summed E-state index contributed by atoms with van der Waals surface area (Å²) in [5.74, 6) is 1.73. The Morgan fingerprint density at radius 3 is 2.14 bits per heavy atom. The van der Waals surface area contributed by atoms with Gasteiger partial charge in [0.05, 0.1) is 36.6 Å². The third-order valence-corrected chi connectivity index (χ3v) is 6.73. The van der Waals surface area contributed by atoms with E-state index in [-0.39, 0.29) is 22.6 Å². The number of anilines is 1. The number of methoxy groups -OCH3 is 2. The number of hydrogen-bond donors (Lipinski definition) is 0. The molecule has 0 spiro atoms. The molecule has 2 atom stereocenters. The van der Waals surface area contributed by atoms with Crippen LogP contribution in [0.4, 0.5) is 11.4 Å². The first-order valence-electron chi connectivity index (χ1n) is 11.8. The summed E-state index contributed by atoms with van der Waals surface area (Å²) in [4.78, 5) is 13.1. The van der Waals surface area contributed by atoms with Crippen LogP contribution in [-0.2, 0) is 0 Å². The Kier molecular flexibility index (Phi) is 6.43. The van der Waals surface area contributed by atoms with E-state index in [0.717, 1.165) is 52.7 Å². The molecule has 3 aromatic rings. The summed E-state index contributed by atoms with van der Waals surface area (Å²) in [7, 11) is 5.44. The molecule has 2 unspecified atom stereocenters. The summed E-state index contributed by atoms with van der Waals surface area (Å²) in [6.07, 6.45) is 2.19. The van der Waals surface area contributed by atoms with E-state index in [1.54, 1.807) is 26.4 Å². The van der Waals surface area contributed by atoms with Crippen molar-refractivity contribution in [1.29, 1.82) is 0 Å². The molecule has 0 amide bonds. The van der Waals surface area contributed by atoms with Crippen molar-refractivity contribution in [3.05, 3.63) is 99.6 Å². The number of fused-ring (bicyclic) bond motifs is 1. The van der Waals surface area contributed by atoms with Gasteiger partial charge in [0.2, 0.25) is 0 Å². The molecular weight excluding hydrogens is 456 g/mol. The molecule has 8 heteroatoms. The fourth-order valence-electron chi connectivity index (χ4n) is 4.97. The van der Waals surface area contributed by atoms with E-state index in [9.17, 15) is 10.1 Å². The SMILES string of the molecule is COc1ccc(C=C2CN(C)CC3C2=NN(c2ccc([N+](=O)[O-])cc2)C3c2ccc(OC)cc2)cc1. The Balaban J connectivity index is 1.58. The van der Waals surface area contributed by atoms with Crippen LogP contribution >= 0.6 is 0 Å². The Morgan fingerprint density at radius 2 is 1.56 bits per heavy atom. The van der Waals surface area contributed by atoms with Crippen LogP contribution in [0.5, 0.6) is 11.5 Å². The van der Waals surface area contributed by atoms with Crippen LogP contribution in [-0.4, -0.2) is 49.9 Å². The zero-order chi connectivity index (χ0) is 25.2. The molecule has 0 bridgehead atoms. The molecule has 1 fully saturated rings. The average molecular weight is 485 g/mol. The number of benzene rings is 3. The lowest BCUT2D eigenvalue weighted by Gasteiger charge is -2.34. The second kappa shape index (κ2) is 9.83. The van der Waals surface area contributed by atoms with Crippen LogP contribution in [0.25, 0.3) is 6.08 Å². The highest BCUT2D eigenvalue weighted by Gasteiger charge is 2.43. The van der Waals surface area contributed by atoms with Crippen molar-refractivity contribution in [3.8, 4) is 11.5 Å².